The highest BCUT2D eigenvalue weighted by molar-refractivity contribution is 5.91. The molecule has 1 unspecified atom stereocenters. The highest BCUT2D eigenvalue weighted by Gasteiger charge is 2.34. The van der Waals surface area contributed by atoms with E-state index in [-0.39, 0.29) is 18.7 Å². The summed E-state index contributed by atoms with van der Waals surface area (Å²) in [5.74, 6) is -1.70. The highest BCUT2D eigenvalue weighted by Crippen LogP contribution is 2.12. The normalized spacial score (nSPS) is 18.2. The molecule has 112 valence electrons. The Labute approximate surface area is 122 Å². The fourth-order valence-electron chi connectivity index (χ4n) is 2.33. The first-order valence-corrected chi connectivity index (χ1v) is 6.76. The zero-order valence-electron chi connectivity index (χ0n) is 11.5. The number of carbonyl (C=O) groups excluding carboxylic acids is 2. The van der Waals surface area contributed by atoms with Gasteiger partial charge in [-0.1, -0.05) is 0 Å². The van der Waals surface area contributed by atoms with Crippen LogP contribution in [0.15, 0.2) is 24.5 Å². The molecule has 0 aliphatic carbocycles. The Kier molecular flexibility index (Phi) is 4.86. The molecular weight excluding hydrogens is 274 g/mol. The van der Waals surface area contributed by atoms with Crippen LogP contribution in [-0.2, 0) is 20.8 Å². The topological polar surface area (TPSA) is 99.6 Å². The minimum atomic E-state index is -1.09. The molecule has 7 nitrogen and oxygen atoms in total. The van der Waals surface area contributed by atoms with E-state index in [1.807, 2.05) is 12.1 Å². The molecule has 1 aromatic rings. The van der Waals surface area contributed by atoms with Crippen LogP contribution in [0.1, 0.15) is 18.4 Å². The van der Waals surface area contributed by atoms with E-state index in [1.54, 1.807) is 12.4 Å². The van der Waals surface area contributed by atoms with Crippen molar-refractivity contribution in [3.63, 3.8) is 0 Å². The van der Waals surface area contributed by atoms with Crippen LogP contribution < -0.4 is 5.32 Å². The Hall–Kier alpha value is -2.44. The summed E-state index contributed by atoms with van der Waals surface area (Å²) in [6.07, 6.45) is 3.72. The minimum Gasteiger partial charge on any atom is -0.481 e. The Bertz CT molecular complexity index is 532. The smallest absolute Gasteiger partial charge is 0.305 e. The van der Waals surface area contributed by atoms with Crippen molar-refractivity contribution in [2.45, 2.75) is 25.3 Å². The van der Waals surface area contributed by atoms with Gasteiger partial charge >= 0.3 is 5.97 Å². The number of carboxylic acids is 1. The maximum atomic E-state index is 12.2. The Morgan fingerprint density at radius 1 is 1.38 bits per heavy atom. The Morgan fingerprint density at radius 2 is 2.10 bits per heavy atom. The number of carbonyl (C=O) groups is 3. The molecular formula is C14H17N3O4. The van der Waals surface area contributed by atoms with Gasteiger partial charge in [0.15, 0.2) is 0 Å². The number of amides is 2. The number of carboxylic acid groups (broad SMARTS) is 1. The number of pyridine rings is 1. The van der Waals surface area contributed by atoms with Crippen LogP contribution in [0.3, 0.4) is 0 Å². The molecule has 2 heterocycles. The second kappa shape index (κ2) is 6.83. The van der Waals surface area contributed by atoms with E-state index in [9.17, 15) is 14.4 Å². The molecule has 0 aromatic carbocycles. The lowest BCUT2D eigenvalue weighted by Gasteiger charge is -2.34. The zero-order chi connectivity index (χ0) is 15.2. The molecule has 1 atom stereocenters. The van der Waals surface area contributed by atoms with Gasteiger partial charge in [0, 0.05) is 31.9 Å². The number of nitrogens with one attached hydrogen (secondary N) is 1. The molecule has 2 rings (SSSR count). The van der Waals surface area contributed by atoms with Crippen molar-refractivity contribution >= 4 is 17.8 Å². The van der Waals surface area contributed by atoms with Crippen LogP contribution in [0.2, 0.25) is 0 Å². The van der Waals surface area contributed by atoms with Gasteiger partial charge in [-0.15, -0.1) is 0 Å². The van der Waals surface area contributed by atoms with Crippen LogP contribution in [0.4, 0.5) is 0 Å². The number of rotatable bonds is 5. The number of aryl methyl sites for hydroxylation is 1. The number of aliphatic carboxylic acids is 1. The third-order valence-electron chi connectivity index (χ3n) is 3.40. The summed E-state index contributed by atoms with van der Waals surface area (Å²) in [4.78, 5) is 40.1. The molecule has 1 aliphatic heterocycles. The van der Waals surface area contributed by atoms with Gasteiger partial charge in [0.25, 0.3) is 0 Å². The summed E-state index contributed by atoms with van der Waals surface area (Å²) in [6.45, 7) is 0.703. The fraction of sp³-hybridized carbons (Fsp3) is 0.429. The SMILES string of the molecule is O=C(O)CC1C(=O)NCCN1C(=O)CCc1ccncc1. The molecule has 1 saturated heterocycles. The lowest BCUT2D eigenvalue weighted by Crippen LogP contribution is -2.57. The van der Waals surface area contributed by atoms with E-state index in [0.29, 0.717) is 19.5 Å². The molecule has 2 amide bonds. The van der Waals surface area contributed by atoms with E-state index >= 15 is 0 Å². The molecule has 0 radical (unpaired) electrons. The summed E-state index contributed by atoms with van der Waals surface area (Å²) in [6, 6.07) is 2.73. The second-order valence-corrected chi connectivity index (χ2v) is 4.85. The van der Waals surface area contributed by atoms with E-state index in [4.69, 9.17) is 5.11 Å². The fourth-order valence-corrected chi connectivity index (χ4v) is 2.33. The van der Waals surface area contributed by atoms with Crippen molar-refractivity contribution in [1.82, 2.24) is 15.2 Å². The van der Waals surface area contributed by atoms with Gasteiger partial charge in [-0.05, 0) is 24.1 Å². The summed E-state index contributed by atoms with van der Waals surface area (Å²) in [5, 5.41) is 11.5. The molecule has 0 saturated carbocycles. The Balaban J connectivity index is 1.98. The standard InChI is InChI=1S/C14H17N3O4/c18-12(2-1-10-3-5-15-6-4-10)17-8-7-16-14(21)11(17)9-13(19)20/h3-6,11H,1-2,7-9H2,(H,16,21)(H,19,20). The molecule has 21 heavy (non-hydrogen) atoms. The summed E-state index contributed by atoms with van der Waals surface area (Å²) < 4.78 is 0. The molecule has 0 bridgehead atoms. The predicted octanol–water partition coefficient (Wildman–Crippen LogP) is -0.184. The van der Waals surface area contributed by atoms with Gasteiger partial charge in [-0.25, -0.2) is 0 Å². The third kappa shape index (κ3) is 4.01. The Morgan fingerprint density at radius 3 is 2.76 bits per heavy atom. The molecule has 1 aliphatic rings. The van der Waals surface area contributed by atoms with Gasteiger partial charge in [0.2, 0.25) is 11.8 Å². The lowest BCUT2D eigenvalue weighted by atomic mass is 10.1. The van der Waals surface area contributed by atoms with Crippen LogP contribution in [-0.4, -0.2) is 51.9 Å². The van der Waals surface area contributed by atoms with Gasteiger partial charge in [-0.2, -0.15) is 0 Å². The summed E-state index contributed by atoms with van der Waals surface area (Å²) >= 11 is 0. The van der Waals surface area contributed by atoms with Crippen molar-refractivity contribution in [3.05, 3.63) is 30.1 Å². The average Bonchev–Trinajstić information content (AvgIpc) is 2.47. The van der Waals surface area contributed by atoms with Crippen LogP contribution in [0, 0.1) is 0 Å². The second-order valence-electron chi connectivity index (χ2n) is 4.85. The molecule has 1 aromatic heterocycles. The van der Waals surface area contributed by atoms with Crippen molar-refractivity contribution in [2.24, 2.45) is 0 Å². The minimum absolute atomic E-state index is 0.201. The van der Waals surface area contributed by atoms with Gasteiger partial charge < -0.3 is 15.3 Å². The first kappa shape index (κ1) is 15.0. The maximum Gasteiger partial charge on any atom is 0.305 e. The van der Waals surface area contributed by atoms with Gasteiger partial charge in [0.1, 0.15) is 6.04 Å². The first-order chi connectivity index (χ1) is 10.1. The first-order valence-electron chi connectivity index (χ1n) is 6.76. The number of nitrogens with zero attached hydrogens (tertiary/aromatic N) is 2. The van der Waals surface area contributed by atoms with Crippen molar-refractivity contribution in [2.75, 3.05) is 13.1 Å². The largest absolute Gasteiger partial charge is 0.481 e. The van der Waals surface area contributed by atoms with E-state index in [1.165, 1.54) is 4.90 Å². The monoisotopic (exact) mass is 291 g/mol. The van der Waals surface area contributed by atoms with Crippen molar-refractivity contribution in [1.29, 1.82) is 0 Å². The van der Waals surface area contributed by atoms with Crippen molar-refractivity contribution in [3.8, 4) is 0 Å². The third-order valence-corrected chi connectivity index (χ3v) is 3.40. The van der Waals surface area contributed by atoms with E-state index in [0.717, 1.165) is 5.56 Å². The predicted molar refractivity (Wildman–Crippen MR) is 73.3 cm³/mol. The average molecular weight is 291 g/mol. The quantitative estimate of drug-likeness (QED) is 0.783. The van der Waals surface area contributed by atoms with E-state index in [2.05, 4.69) is 10.3 Å². The molecule has 1 fully saturated rings. The molecule has 0 spiro atoms. The summed E-state index contributed by atoms with van der Waals surface area (Å²) in [7, 11) is 0. The highest BCUT2D eigenvalue weighted by atomic mass is 16.4. The maximum absolute atomic E-state index is 12.2. The summed E-state index contributed by atoms with van der Waals surface area (Å²) in [5.41, 5.74) is 0.981. The van der Waals surface area contributed by atoms with Crippen LogP contribution in [0.25, 0.3) is 0 Å². The molecule has 2 N–H and O–H groups in total. The zero-order valence-corrected chi connectivity index (χ0v) is 11.5. The number of aromatic nitrogens is 1. The van der Waals surface area contributed by atoms with Crippen molar-refractivity contribution < 1.29 is 19.5 Å². The number of piperazine rings is 1. The molecule has 7 heteroatoms. The number of hydrogen-bond acceptors (Lipinski definition) is 4. The number of hydrogen-bond donors (Lipinski definition) is 2. The van der Waals surface area contributed by atoms with Crippen LogP contribution in [0.5, 0.6) is 0 Å². The van der Waals surface area contributed by atoms with E-state index < -0.39 is 17.9 Å². The lowest BCUT2D eigenvalue weighted by molar-refractivity contribution is -0.148. The van der Waals surface area contributed by atoms with Gasteiger partial charge in [0.05, 0.1) is 6.42 Å². The van der Waals surface area contributed by atoms with Crippen LogP contribution >= 0.6 is 0 Å². The van der Waals surface area contributed by atoms with Gasteiger partial charge in [-0.3, -0.25) is 19.4 Å².